The van der Waals surface area contributed by atoms with Crippen LogP contribution in [0.3, 0.4) is 0 Å². The lowest BCUT2D eigenvalue weighted by Gasteiger charge is -2.40. The van der Waals surface area contributed by atoms with Gasteiger partial charge in [-0.25, -0.2) is 0 Å². The molecule has 0 unspecified atom stereocenters. The van der Waals surface area contributed by atoms with Crippen molar-refractivity contribution in [3.05, 3.63) is 120 Å². The fraction of sp³-hybridized carbons (Fsp3) is 0.290. The maximum absolute atomic E-state index is 13.0. The van der Waals surface area contributed by atoms with E-state index in [0.717, 1.165) is 36.3 Å². The Bertz CT molecular complexity index is 1120. The van der Waals surface area contributed by atoms with Crippen molar-refractivity contribution in [1.82, 2.24) is 4.90 Å². The van der Waals surface area contributed by atoms with Crippen LogP contribution < -0.4 is 0 Å². The van der Waals surface area contributed by atoms with E-state index in [1.165, 1.54) is 0 Å². The molecular formula is C31H32N2O2. The molecule has 0 radical (unpaired) electrons. The average molecular weight is 465 g/mol. The first-order valence-electron chi connectivity index (χ1n) is 12.3. The van der Waals surface area contributed by atoms with Gasteiger partial charge in [-0.15, -0.1) is 0 Å². The number of esters is 1. The van der Waals surface area contributed by atoms with Crippen molar-refractivity contribution < 1.29 is 9.53 Å². The number of carbonyl (C=O) groups is 1. The van der Waals surface area contributed by atoms with Crippen molar-refractivity contribution in [3.8, 4) is 6.07 Å². The van der Waals surface area contributed by atoms with Crippen LogP contribution in [0.15, 0.2) is 103 Å². The van der Waals surface area contributed by atoms with Crippen LogP contribution in [0, 0.1) is 11.3 Å². The molecule has 35 heavy (non-hydrogen) atoms. The van der Waals surface area contributed by atoms with Crippen LogP contribution >= 0.6 is 0 Å². The van der Waals surface area contributed by atoms with E-state index in [4.69, 9.17) is 4.74 Å². The van der Waals surface area contributed by atoms with Gasteiger partial charge in [-0.2, -0.15) is 5.26 Å². The van der Waals surface area contributed by atoms with Gasteiger partial charge in [0, 0.05) is 6.54 Å². The number of ether oxygens (including phenoxy) is 1. The van der Waals surface area contributed by atoms with Crippen molar-refractivity contribution >= 4 is 5.97 Å². The minimum absolute atomic E-state index is 0.127. The molecule has 0 bridgehead atoms. The Labute approximate surface area is 208 Å². The molecule has 4 heteroatoms. The van der Waals surface area contributed by atoms with Crippen molar-refractivity contribution in [2.24, 2.45) is 0 Å². The van der Waals surface area contributed by atoms with Crippen LogP contribution in [0.2, 0.25) is 0 Å². The zero-order valence-electron chi connectivity index (χ0n) is 20.3. The molecule has 1 saturated heterocycles. The summed E-state index contributed by atoms with van der Waals surface area (Å²) < 4.78 is 5.51. The van der Waals surface area contributed by atoms with Gasteiger partial charge < -0.3 is 4.74 Å². The molecule has 3 aromatic rings. The smallest absolute Gasteiger partial charge is 0.316 e. The summed E-state index contributed by atoms with van der Waals surface area (Å²) in [5.74, 6) is -0.127. The first-order chi connectivity index (χ1) is 17.1. The Morgan fingerprint density at radius 1 is 0.943 bits per heavy atom. The van der Waals surface area contributed by atoms with Gasteiger partial charge in [0.2, 0.25) is 0 Å². The zero-order valence-corrected chi connectivity index (χ0v) is 20.3. The highest BCUT2D eigenvalue weighted by Gasteiger charge is 2.44. The standard InChI is InChI=1S/C31H32N2O2/c1-2-35-29(34)30(26-13-6-3-7-14-26)20-23-33(24-21-30)22-12-19-31(25-32,27-15-8-4-9-16-27)28-17-10-5-11-18-28/h3-19H,2,20-24H2,1H3. The van der Waals surface area contributed by atoms with E-state index in [0.29, 0.717) is 19.4 Å². The van der Waals surface area contributed by atoms with E-state index in [-0.39, 0.29) is 5.97 Å². The molecule has 3 aromatic carbocycles. The summed E-state index contributed by atoms with van der Waals surface area (Å²) in [6, 6.07) is 32.5. The first kappa shape index (κ1) is 24.4. The molecule has 0 amide bonds. The number of benzene rings is 3. The van der Waals surface area contributed by atoms with E-state index in [2.05, 4.69) is 17.0 Å². The SMILES string of the molecule is CCOC(=O)C1(c2ccccc2)CCN(CC=CC(C#N)(c2ccccc2)c2ccccc2)CC1. The fourth-order valence-electron chi connectivity index (χ4n) is 5.06. The first-order valence-corrected chi connectivity index (χ1v) is 12.3. The van der Waals surface area contributed by atoms with Crippen LogP contribution in [0.4, 0.5) is 0 Å². The van der Waals surface area contributed by atoms with Crippen LogP contribution in [0.25, 0.3) is 0 Å². The van der Waals surface area contributed by atoms with Crippen molar-refractivity contribution in [1.29, 1.82) is 5.26 Å². The molecule has 0 N–H and O–H groups in total. The fourth-order valence-corrected chi connectivity index (χ4v) is 5.06. The number of hydrogen-bond donors (Lipinski definition) is 0. The molecule has 0 spiro atoms. The lowest BCUT2D eigenvalue weighted by atomic mass is 9.72. The third-order valence-corrected chi connectivity index (χ3v) is 7.07. The Morgan fingerprint density at radius 2 is 1.46 bits per heavy atom. The van der Waals surface area contributed by atoms with E-state index in [1.54, 1.807) is 0 Å². The lowest BCUT2D eigenvalue weighted by Crippen LogP contribution is -2.48. The largest absolute Gasteiger partial charge is 0.465 e. The molecule has 178 valence electrons. The molecule has 1 aliphatic rings. The second-order valence-corrected chi connectivity index (χ2v) is 9.02. The number of carbonyl (C=O) groups excluding carboxylic acids is 1. The average Bonchev–Trinajstić information content (AvgIpc) is 2.93. The lowest BCUT2D eigenvalue weighted by molar-refractivity contribution is -0.152. The third-order valence-electron chi connectivity index (χ3n) is 7.07. The van der Waals surface area contributed by atoms with Gasteiger partial charge in [0.05, 0.1) is 18.1 Å². The van der Waals surface area contributed by atoms with E-state index in [1.807, 2.05) is 104 Å². The van der Waals surface area contributed by atoms with Gasteiger partial charge >= 0.3 is 5.97 Å². The van der Waals surface area contributed by atoms with Crippen LogP contribution in [-0.2, 0) is 20.4 Å². The predicted molar refractivity (Wildman–Crippen MR) is 139 cm³/mol. The van der Waals surface area contributed by atoms with Gasteiger partial charge in [0.25, 0.3) is 0 Å². The van der Waals surface area contributed by atoms with Crippen LogP contribution in [-0.4, -0.2) is 37.1 Å². The summed E-state index contributed by atoms with van der Waals surface area (Å²) in [7, 11) is 0. The van der Waals surface area contributed by atoms with Crippen molar-refractivity contribution in [2.45, 2.75) is 30.6 Å². The third kappa shape index (κ3) is 5.06. The predicted octanol–water partition coefficient (Wildman–Crippen LogP) is 5.65. The van der Waals surface area contributed by atoms with Gasteiger partial charge in [0.1, 0.15) is 5.41 Å². The highest BCUT2D eigenvalue weighted by Crippen LogP contribution is 2.37. The Hall–Kier alpha value is -3.68. The molecule has 0 atom stereocenters. The number of hydrogen-bond acceptors (Lipinski definition) is 4. The molecule has 1 heterocycles. The van der Waals surface area contributed by atoms with Crippen LogP contribution in [0.1, 0.15) is 36.5 Å². The molecular weight excluding hydrogens is 432 g/mol. The topological polar surface area (TPSA) is 53.3 Å². The summed E-state index contributed by atoms with van der Waals surface area (Å²) in [5.41, 5.74) is 1.49. The second kappa shape index (κ2) is 11.2. The normalized spacial score (nSPS) is 16.0. The molecule has 1 aliphatic heterocycles. The monoisotopic (exact) mass is 464 g/mol. The summed E-state index contributed by atoms with van der Waals surface area (Å²) in [5, 5.41) is 10.4. The number of piperidine rings is 1. The highest BCUT2D eigenvalue weighted by molar-refractivity contribution is 5.83. The number of likely N-dealkylation sites (tertiary alicyclic amines) is 1. The van der Waals surface area contributed by atoms with Gasteiger partial charge in [0.15, 0.2) is 0 Å². The van der Waals surface area contributed by atoms with Crippen LogP contribution in [0.5, 0.6) is 0 Å². The zero-order chi connectivity index (χ0) is 24.6. The van der Waals surface area contributed by atoms with E-state index >= 15 is 0 Å². The second-order valence-electron chi connectivity index (χ2n) is 9.02. The number of rotatable bonds is 8. The van der Waals surface area contributed by atoms with E-state index in [9.17, 15) is 10.1 Å². The minimum Gasteiger partial charge on any atom is -0.465 e. The number of nitrogens with zero attached hydrogens (tertiary/aromatic N) is 2. The molecule has 1 fully saturated rings. The van der Waals surface area contributed by atoms with Gasteiger partial charge in [-0.05, 0) is 49.5 Å². The summed E-state index contributed by atoms with van der Waals surface area (Å²) in [6.07, 6.45) is 5.56. The van der Waals surface area contributed by atoms with Gasteiger partial charge in [-0.3, -0.25) is 9.69 Å². The minimum atomic E-state index is -0.850. The maximum Gasteiger partial charge on any atom is 0.316 e. The summed E-state index contributed by atoms with van der Waals surface area (Å²) >= 11 is 0. The van der Waals surface area contributed by atoms with E-state index < -0.39 is 10.8 Å². The maximum atomic E-state index is 13.0. The molecule has 4 rings (SSSR count). The number of allylic oxidation sites excluding steroid dienone is 1. The van der Waals surface area contributed by atoms with Crippen molar-refractivity contribution in [2.75, 3.05) is 26.2 Å². The Kier molecular flexibility index (Phi) is 7.80. The number of nitriles is 1. The molecule has 0 aromatic heterocycles. The molecule has 0 saturated carbocycles. The quantitative estimate of drug-likeness (QED) is 0.319. The summed E-state index contributed by atoms with van der Waals surface area (Å²) in [6.45, 7) is 4.53. The Morgan fingerprint density at radius 3 is 1.94 bits per heavy atom. The van der Waals surface area contributed by atoms with Crippen molar-refractivity contribution in [3.63, 3.8) is 0 Å². The molecule has 4 nitrogen and oxygen atoms in total. The summed E-state index contributed by atoms with van der Waals surface area (Å²) in [4.78, 5) is 15.4. The van der Waals surface area contributed by atoms with Gasteiger partial charge in [-0.1, -0.05) is 103 Å². The molecule has 0 aliphatic carbocycles. The Balaban J connectivity index is 1.52. The highest BCUT2D eigenvalue weighted by atomic mass is 16.5.